The van der Waals surface area contributed by atoms with Gasteiger partial charge >= 0.3 is 5.97 Å². The lowest BCUT2D eigenvalue weighted by Gasteiger charge is -2.39. The lowest BCUT2D eigenvalue weighted by molar-refractivity contribution is -0.150. The third-order valence-corrected chi connectivity index (χ3v) is 9.05. The highest BCUT2D eigenvalue weighted by Gasteiger charge is 2.77. The van der Waals surface area contributed by atoms with Crippen LogP contribution in [0.3, 0.4) is 0 Å². The van der Waals surface area contributed by atoms with Crippen LogP contribution in [0.2, 0.25) is 5.02 Å². The number of alkyl halides is 1. The second kappa shape index (κ2) is 10.4. The van der Waals surface area contributed by atoms with E-state index in [0.29, 0.717) is 10.7 Å². The Labute approximate surface area is 233 Å². The predicted octanol–water partition coefficient (Wildman–Crippen LogP) is 3.30. The van der Waals surface area contributed by atoms with Gasteiger partial charge in [-0.2, -0.15) is 0 Å². The molecule has 2 bridgehead atoms. The molecule has 2 amide bonds. The molecule has 1 unspecified atom stereocenters. The highest BCUT2D eigenvalue weighted by molar-refractivity contribution is 9.09. The van der Waals surface area contributed by atoms with Crippen LogP contribution in [0, 0.1) is 11.8 Å². The Morgan fingerprint density at radius 2 is 1.92 bits per heavy atom. The lowest BCUT2D eigenvalue weighted by Crippen LogP contribution is -2.59. The standard InChI is InChI=1S/C28H28BrClN2O6/c1-2-12-31(20-11-7-6-10-19(20)30)26(35)24-28-14-18(29)23(38-28)21(27(36)37)22(28)25(34)32(24)17(15-33)13-16-8-4-3-5-9-16/h2-11,17-18,21-24,33H,1,12-15H2,(H,36,37)/t17-,18?,21-,22+,23-,24-,28+/m1/s1. The summed E-state index contributed by atoms with van der Waals surface area (Å²) in [6, 6.07) is 14.3. The molecule has 0 saturated carbocycles. The molecular formula is C28H28BrClN2O6. The summed E-state index contributed by atoms with van der Waals surface area (Å²) < 4.78 is 6.37. The van der Waals surface area contributed by atoms with Crippen molar-refractivity contribution in [3.8, 4) is 0 Å². The Morgan fingerprint density at radius 3 is 2.55 bits per heavy atom. The van der Waals surface area contributed by atoms with E-state index in [9.17, 15) is 24.6 Å². The van der Waals surface area contributed by atoms with Crippen molar-refractivity contribution in [2.75, 3.05) is 18.1 Å². The second-order valence-corrected chi connectivity index (χ2v) is 11.5. The monoisotopic (exact) mass is 602 g/mol. The zero-order valence-electron chi connectivity index (χ0n) is 20.5. The van der Waals surface area contributed by atoms with Crippen molar-refractivity contribution in [2.24, 2.45) is 11.8 Å². The van der Waals surface area contributed by atoms with Crippen molar-refractivity contribution in [2.45, 2.75) is 41.5 Å². The molecule has 8 nitrogen and oxygen atoms in total. The van der Waals surface area contributed by atoms with Gasteiger partial charge in [0.25, 0.3) is 5.91 Å². The highest BCUT2D eigenvalue weighted by Crippen LogP contribution is 2.60. The highest BCUT2D eigenvalue weighted by atomic mass is 79.9. The number of carboxylic acids is 1. The van der Waals surface area contributed by atoms with Crippen LogP contribution in [0.25, 0.3) is 0 Å². The Balaban J connectivity index is 1.64. The minimum Gasteiger partial charge on any atom is -0.481 e. The van der Waals surface area contributed by atoms with Crippen LogP contribution >= 0.6 is 27.5 Å². The molecule has 2 aromatic rings. The Hall–Kier alpha value is -2.72. The molecule has 38 heavy (non-hydrogen) atoms. The lowest BCUT2D eigenvalue weighted by atomic mass is 9.70. The van der Waals surface area contributed by atoms with Crippen LogP contribution < -0.4 is 4.90 Å². The molecule has 3 aliphatic rings. The molecule has 10 heteroatoms. The summed E-state index contributed by atoms with van der Waals surface area (Å²) in [4.78, 5) is 43.5. The SMILES string of the molecule is C=CCN(C(=O)[C@H]1N([C@@H](CO)Cc2ccccc2)C(=O)[C@@H]2[C@@H](C(=O)O)[C@@H]3O[C@@]21CC3Br)c1ccccc1Cl. The minimum atomic E-state index is -1.37. The Bertz CT molecular complexity index is 1260. The number of amides is 2. The number of fused-ring (bicyclic) bond motifs is 1. The van der Waals surface area contributed by atoms with Gasteiger partial charge < -0.3 is 24.7 Å². The number of aliphatic hydroxyl groups excluding tert-OH is 1. The number of para-hydroxylation sites is 1. The van der Waals surface area contributed by atoms with E-state index in [1.807, 2.05) is 30.3 Å². The van der Waals surface area contributed by atoms with Crippen molar-refractivity contribution >= 4 is 51.0 Å². The molecule has 0 aliphatic carbocycles. The molecule has 200 valence electrons. The van der Waals surface area contributed by atoms with E-state index in [-0.39, 0.29) is 24.2 Å². The number of likely N-dealkylation sites (tertiary alicyclic amines) is 1. The molecule has 3 fully saturated rings. The molecule has 2 aromatic carbocycles. The number of ether oxygens (including phenoxy) is 1. The molecule has 2 N–H and O–H groups in total. The summed E-state index contributed by atoms with van der Waals surface area (Å²) >= 11 is 10.0. The van der Waals surface area contributed by atoms with E-state index in [2.05, 4.69) is 22.5 Å². The van der Waals surface area contributed by atoms with Crippen LogP contribution in [-0.2, 0) is 25.5 Å². The number of hydrogen-bond acceptors (Lipinski definition) is 5. The van der Waals surface area contributed by atoms with E-state index >= 15 is 0 Å². The number of nitrogens with zero attached hydrogens (tertiary/aromatic N) is 2. The number of hydrogen-bond donors (Lipinski definition) is 2. The topological polar surface area (TPSA) is 107 Å². The van der Waals surface area contributed by atoms with E-state index in [0.717, 1.165) is 5.56 Å². The minimum absolute atomic E-state index is 0.105. The maximum Gasteiger partial charge on any atom is 0.310 e. The van der Waals surface area contributed by atoms with Crippen molar-refractivity contribution in [3.05, 3.63) is 77.8 Å². The fourth-order valence-corrected chi connectivity index (χ4v) is 7.59. The van der Waals surface area contributed by atoms with Gasteiger partial charge in [0, 0.05) is 11.4 Å². The number of benzene rings is 2. The molecule has 7 atom stereocenters. The Kier molecular flexibility index (Phi) is 7.39. The van der Waals surface area contributed by atoms with E-state index in [1.54, 1.807) is 30.3 Å². The van der Waals surface area contributed by atoms with Crippen molar-refractivity contribution in [3.63, 3.8) is 0 Å². The van der Waals surface area contributed by atoms with Gasteiger partial charge in [0.15, 0.2) is 0 Å². The molecule has 3 saturated heterocycles. The number of halogens is 2. The summed E-state index contributed by atoms with van der Waals surface area (Å²) in [5.74, 6) is -4.29. The first-order chi connectivity index (χ1) is 18.2. The number of carbonyl (C=O) groups excluding carboxylic acids is 2. The zero-order valence-corrected chi connectivity index (χ0v) is 22.8. The van der Waals surface area contributed by atoms with Gasteiger partial charge in [-0.15, -0.1) is 6.58 Å². The van der Waals surface area contributed by atoms with Gasteiger partial charge in [0.1, 0.15) is 11.6 Å². The van der Waals surface area contributed by atoms with Crippen LogP contribution in [-0.4, -0.2) is 74.7 Å². The van der Waals surface area contributed by atoms with Crippen LogP contribution in [0.4, 0.5) is 5.69 Å². The average molecular weight is 604 g/mol. The first-order valence-corrected chi connectivity index (χ1v) is 13.7. The molecular weight excluding hydrogens is 576 g/mol. The van der Waals surface area contributed by atoms with Gasteiger partial charge in [0.05, 0.1) is 41.3 Å². The largest absolute Gasteiger partial charge is 0.481 e. The zero-order chi connectivity index (χ0) is 27.2. The first-order valence-electron chi connectivity index (χ1n) is 12.4. The fourth-order valence-electron chi connectivity index (χ4n) is 6.41. The maximum absolute atomic E-state index is 14.5. The number of carbonyl (C=O) groups is 3. The van der Waals surface area contributed by atoms with Gasteiger partial charge in [-0.1, -0.05) is 76.1 Å². The van der Waals surface area contributed by atoms with Gasteiger partial charge in [-0.25, -0.2) is 0 Å². The molecule has 3 aliphatic heterocycles. The third kappa shape index (κ3) is 4.16. The molecule has 1 spiro atoms. The molecule has 0 radical (unpaired) electrons. The van der Waals surface area contributed by atoms with Crippen molar-refractivity contribution in [1.29, 1.82) is 0 Å². The van der Waals surface area contributed by atoms with Gasteiger partial charge in [-0.3, -0.25) is 14.4 Å². The van der Waals surface area contributed by atoms with Gasteiger partial charge in [-0.05, 0) is 30.5 Å². The van der Waals surface area contributed by atoms with E-state index in [1.165, 1.54) is 9.80 Å². The summed E-state index contributed by atoms with van der Waals surface area (Å²) in [6.45, 7) is 3.48. The number of rotatable bonds is 9. The molecule has 5 rings (SSSR count). The van der Waals surface area contributed by atoms with E-state index in [4.69, 9.17) is 16.3 Å². The first kappa shape index (κ1) is 26.9. The quantitative estimate of drug-likeness (QED) is 0.337. The van der Waals surface area contributed by atoms with Crippen molar-refractivity contribution in [1.82, 2.24) is 4.90 Å². The van der Waals surface area contributed by atoms with Crippen LogP contribution in [0.1, 0.15) is 12.0 Å². The summed E-state index contributed by atoms with van der Waals surface area (Å²) in [5.41, 5.74) is -0.0684. The normalized spacial score (nSPS) is 30.2. The smallest absolute Gasteiger partial charge is 0.310 e. The molecule has 3 heterocycles. The fraction of sp³-hybridized carbons (Fsp3) is 0.393. The summed E-state index contributed by atoms with van der Waals surface area (Å²) in [7, 11) is 0. The number of aliphatic carboxylic acids is 1. The summed E-state index contributed by atoms with van der Waals surface area (Å²) in [5, 5.41) is 21.0. The number of aliphatic hydroxyl groups is 1. The third-order valence-electron chi connectivity index (χ3n) is 7.89. The number of anilines is 1. The Morgan fingerprint density at radius 1 is 1.24 bits per heavy atom. The second-order valence-electron chi connectivity index (χ2n) is 9.96. The van der Waals surface area contributed by atoms with Crippen LogP contribution in [0.15, 0.2) is 67.3 Å². The van der Waals surface area contributed by atoms with E-state index < -0.39 is 60.0 Å². The number of carboxylic acid groups (broad SMARTS) is 1. The maximum atomic E-state index is 14.5. The van der Waals surface area contributed by atoms with Gasteiger partial charge in [0.2, 0.25) is 5.91 Å². The summed E-state index contributed by atoms with van der Waals surface area (Å²) in [6.07, 6.45) is 1.36. The molecule has 0 aromatic heterocycles. The average Bonchev–Trinajstić information content (AvgIpc) is 3.50. The van der Waals surface area contributed by atoms with Crippen LogP contribution in [0.5, 0.6) is 0 Å². The van der Waals surface area contributed by atoms with Crippen molar-refractivity contribution < 1.29 is 29.3 Å². The predicted molar refractivity (Wildman–Crippen MR) is 145 cm³/mol.